The molecule has 0 radical (unpaired) electrons. The predicted octanol–water partition coefficient (Wildman–Crippen LogP) is 3.74. The Morgan fingerprint density at radius 3 is 2.60 bits per heavy atom. The molecule has 0 unspecified atom stereocenters. The summed E-state index contributed by atoms with van der Waals surface area (Å²) in [5, 5.41) is 3.47. The average molecular weight is 275 g/mol. The van der Waals surface area contributed by atoms with Crippen LogP contribution in [0.2, 0.25) is 0 Å². The van der Waals surface area contributed by atoms with Crippen molar-refractivity contribution in [2.24, 2.45) is 0 Å². The maximum Gasteiger partial charge on any atom is 0.128 e. The highest BCUT2D eigenvalue weighted by atomic mass is 15.2. The van der Waals surface area contributed by atoms with Gasteiger partial charge in [-0.25, -0.2) is 4.98 Å². The molecule has 0 atom stereocenters. The Bertz CT molecular complexity index is 395. The van der Waals surface area contributed by atoms with Gasteiger partial charge in [0, 0.05) is 31.9 Å². The second-order valence-electron chi connectivity index (χ2n) is 6.31. The Labute approximate surface area is 123 Å². The fourth-order valence-electron chi connectivity index (χ4n) is 2.92. The maximum atomic E-state index is 4.57. The van der Waals surface area contributed by atoms with Gasteiger partial charge in [-0.05, 0) is 30.5 Å². The lowest BCUT2D eigenvalue weighted by Crippen LogP contribution is -2.32. The largest absolute Gasteiger partial charge is 0.357 e. The lowest BCUT2D eigenvalue weighted by molar-refractivity contribution is 0.548. The summed E-state index contributed by atoms with van der Waals surface area (Å²) in [5.74, 6) is 1.12. The lowest BCUT2D eigenvalue weighted by atomic mass is 10.1. The van der Waals surface area contributed by atoms with Crippen LogP contribution in [-0.4, -0.2) is 24.1 Å². The molecule has 0 saturated heterocycles. The van der Waals surface area contributed by atoms with Crippen molar-refractivity contribution in [3.8, 4) is 0 Å². The van der Waals surface area contributed by atoms with Crippen LogP contribution in [0.15, 0.2) is 18.3 Å². The number of pyridine rings is 1. The molecule has 1 heterocycles. The topological polar surface area (TPSA) is 28.2 Å². The quantitative estimate of drug-likeness (QED) is 0.830. The molecule has 0 aliphatic heterocycles. The van der Waals surface area contributed by atoms with Gasteiger partial charge in [0.25, 0.3) is 0 Å². The molecule has 1 aromatic heterocycles. The molecule has 20 heavy (non-hydrogen) atoms. The number of nitrogens with one attached hydrogen (secondary N) is 1. The van der Waals surface area contributed by atoms with Gasteiger partial charge in [-0.15, -0.1) is 0 Å². The third-order valence-corrected chi connectivity index (χ3v) is 4.26. The number of aromatic nitrogens is 1. The minimum atomic E-state index is 0.520. The first-order chi connectivity index (χ1) is 9.66. The van der Waals surface area contributed by atoms with Gasteiger partial charge in [0.2, 0.25) is 0 Å². The summed E-state index contributed by atoms with van der Waals surface area (Å²) in [6, 6.07) is 5.53. The van der Waals surface area contributed by atoms with Gasteiger partial charge in [0.15, 0.2) is 0 Å². The second-order valence-corrected chi connectivity index (χ2v) is 6.31. The van der Waals surface area contributed by atoms with Crippen molar-refractivity contribution < 1.29 is 0 Å². The van der Waals surface area contributed by atoms with Crippen LogP contribution >= 0.6 is 0 Å². The third-order valence-electron chi connectivity index (χ3n) is 4.26. The normalized spacial score (nSPS) is 17.2. The molecule has 0 aromatic carbocycles. The fraction of sp³-hybridized carbons (Fsp3) is 0.706. The van der Waals surface area contributed by atoms with E-state index in [9.17, 15) is 0 Å². The smallest absolute Gasteiger partial charge is 0.128 e. The van der Waals surface area contributed by atoms with Crippen molar-refractivity contribution in [3.63, 3.8) is 0 Å². The van der Waals surface area contributed by atoms with Crippen molar-refractivity contribution in [2.45, 2.75) is 71.0 Å². The Morgan fingerprint density at radius 2 is 1.95 bits per heavy atom. The zero-order valence-electron chi connectivity index (χ0n) is 13.2. The molecule has 0 bridgehead atoms. The molecule has 1 fully saturated rings. The van der Waals surface area contributed by atoms with Crippen molar-refractivity contribution in [2.75, 3.05) is 11.9 Å². The van der Waals surface area contributed by atoms with Crippen molar-refractivity contribution >= 4 is 5.82 Å². The van der Waals surface area contributed by atoms with E-state index in [1.807, 2.05) is 6.20 Å². The van der Waals surface area contributed by atoms with Crippen LogP contribution in [0.3, 0.4) is 0 Å². The van der Waals surface area contributed by atoms with E-state index in [1.165, 1.54) is 44.1 Å². The summed E-state index contributed by atoms with van der Waals surface area (Å²) < 4.78 is 0. The van der Waals surface area contributed by atoms with Crippen molar-refractivity contribution in [1.82, 2.24) is 10.3 Å². The molecule has 1 aliphatic rings. The highest BCUT2D eigenvalue weighted by Crippen LogP contribution is 2.24. The van der Waals surface area contributed by atoms with E-state index in [-0.39, 0.29) is 0 Å². The van der Waals surface area contributed by atoms with Gasteiger partial charge in [-0.2, -0.15) is 0 Å². The van der Waals surface area contributed by atoms with E-state index in [2.05, 4.69) is 48.2 Å². The maximum absolute atomic E-state index is 4.57. The standard InChI is InChI=1S/C17H29N3/c1-14(2)19-13-15-10-11-18-17(12-15)20(3)16-8-6-4-5-7-9-16/h10-12,14,16,19H,4-9,13H2,1-3H3. The molecular formula is C17H29N3. The van der Waals surface area contributed by atoms with Crippen LogP contribution in [0.5, 0.6) is 0 Å². The van der Waals surface area contributed by atoms with Gasteiger partial charge >= 0.3 is 0 Å². The third kappa shape index (κ3) is 4.48. The second kappa shape index (κ2) is 7.63. The molecule has 112 valence electrons. The molecule has 0 spiro atoms. The van der Waals surface area contributed by atoms with Gasteiger partial charge in [-0.3, -0.25) is 0 Å². The highest BCUT2D eigenvalue weighted by Gasteiger charge is 2.18. The van der Waals surface area contributed by atoms with Crippen molar-refractivity contribution in [3.05, 3.63) is 23.9 Å². The molecule has 1 aromatic rings. The summed E-state index contributed by atoms with van der Waals surface area (Å²) >= 11 is 0. The molecule has 1 N–H and O–H groups in total. The van der Waals surface area contributed by atoms with Crippen LogP contribution in [0, 0.1) is 0 Å². The number of nitrogens with zero attached hydrogens (tertiary/aromatic N) is 2. The number of rotatable bonds is 5. The van der Waals surface area contributed by atoms with Crippen molar-refractivity contribution in [1.29, 1.82) is 0 Å². The number of hydrogen-bond donors (Lipinski definition) is 1. The summed E-state index contributed by atoms with van der Waals surface area (Å²) in [6.45, 7) is 5.28. The van der Waals surface area contributed by atoms with E-state index in [0.29, 0.717) is 12.1 Å². The predicted molar refractivity (Wildman–Crippen MR) is 86.1 cm³/mol. The highest BCUT2D eigenvalue weighted by molar-refractivity contribution is 5.41. The first-order valence-corrected chi connectivity index (χ1v) is 8.08. The van der Waals surface area contributed by atoms with Crippen LogP contribution in [0.1, 0.15) is 57.9 Å². The first kappa shape index (κ1) is 15.3. The zero-order valence-corrected chi connectivity index (χ0v) is 13.2. The Balaban J connectivity index is 2.01. The average Bonchev–Trinajstić information content (AvgIpc) is 2.73. The summed E-state index contributed by atoms with van der Waals surface area (Å²) in [4.78, 5) is 6.96. The van der Waals surface area contributed by atoms with Crippen LogP contribution in [0.25, 0.3) is 0 Å². The van der Waals surface area contributed by atoms with E-state index >= 15 is 0 Å². The van der Waals surface area contributed by atoms with Gasteiger partial charge in [0.1, 0.15) is 5.82 Å². The molecule has 2 rings (SSSR count). The monoisotopic (exact) mass is 275 g/mol. The molecule has 3 heteroatoms. The lowest BCUT2D eigenvalue weighted by Gasteiger charge is -2.28. The van der Waals surface area contributed by atoms with Gasteiger partial charge < -0.3 is 10.2 Å². The summed E-state index contributed by atoms with van der Waals surface area (Å²) in [7, 11) is 2.21. The SMILES string of the molecule is CC(C)NCc1ccnc(N(C)C2CCCCCC2)c1. The minimum absolute atomic E-state index is 0.520. The Hall–Kier alpha value is -1.09. The number of anilines is 1. The van der Waals surface area contributed by atoms with Gasteiger partial charge in [-0.1, -0.05) is 39.5 Å². The first-order valence-electron chi connectivity index (χ1n) is 8.08. The van der Waals surface area contributed by atoms with Crippen LogP contribution in [0.4, 0.5) is 5.82 Å². The summed E-state index contributed by atoms with van der Waals surface area (Å²) in [6.07, 6.45) is 10.1. The Kier molecular flexibility index (Phi) is 5.84. The fourth-order valence-corrected chi connectivity index (χ4v) is 2.92. The molecule has 3 nitrogen and oxygen atoms in total. The minimum Gasteiger partial charge on any atom is -0.357 e. The number of hydrogen-bond acceptors (Lipinski definition) is 3. The Morgan fingerprint density at radius 1 is 1.25 bits per heavy atom. The molecular weight excluding hydrogens is 246 g/mol. The van der Waals surface area contributed by atoms with Crippen LogP contribution in [-0.2, 0) is 6.54 Å². The van der Waals surface area contributed by atoms with Gasteiger partial charge in [0.05, 0.1) is 0 Å². The molecule has 1 saturated carbocycles. The molecule has 0 amide bonds. The van der Waals surface area contributed by atoms with Crippen LogP contribution < -0.4 is 10.2 Å². The van der Waals surface area contributed by atoms with E-state index < -0.39 is 0 Å². The molecule has 1 aliphatic carbocycles. The van der Waals surface area contributed by atoms with E-state index in [4.69, 9.17) is 0 Å². The van der Waals surface area contributed by atoms with E-state index in [0.717, 1.165) is 12.4 Å². The van der Waals surface area contributed by atoms with E-state index in [1.54, 1.807) is 0 Å². The zero-order chi connectivity index (χ0) is 14.4. The summed E-state index contributed by atoms with van der Waals surface area (Å²) in [5.41, 5.74) is 1.32.